The molecule has 39 heavy (non-hydrogen) atoms. The molecule has 0 bridgehead atoms. The Labute approximate surface area is 245 Å². The number of aromatic nitrogens is 2. The van der Waals surface area contributed by atoms with Crippen molar-refractivity contribution >= 4 is 44.7 Å². The summed E-state index contributed by atoms with van der Waals surface area (Å²) < 4.78 is 2.68. The molecule has 1 amide bonds. The lowest BCUT2D eigenvalue weighted by Crippen LogP contribution is -2.32. The number of carboxylic acids is 1. The first kappa shape index (κ1) is 31.4. The zero-order chi connectivity index (χ0) is 28.4. The summed E-state index contributed by atoms with van der Waals surface area (Å²) in [4.78, 5) is 44.3. The van der Waals surface area contributed by atoms with Crippen molar-refractivity contribution < 1.29 is 19.5 Å². The molecule has 1 saturated carbocycles. The van der Waals surface area contributed by atoms with Gasteiger partial charge in [-0.15, -0.1) is 0 Å². The van der Waals surface area contributed by atoms with Crippen molar-refractivity contribution in [3.05, 3.63) is 51.5 Å². The third-order valence-electron chi connectivity index (χ3n) is 7.32. The molecule has 0 saturated heterocycles. The number of halogens is 1. The van der Waals surface area contributed by atoms with E-state index < -0.39 is 5.97 Å². The molecule has 0 radical (unpaired) electrons. The van der Waals surface area contributed by atoms with Crippen molar-refractivity contribution in [1.82, 2.24) is 14.5 Å². The lowest BCUT2D eigenvalue weighted by Gasteiger charge is -2.25. The van der Waals surface area contributed by atoms with E-state index in [0.29, 0.717) is 35.8 Å². The van der Waals surface area contributed by atoms with Crippen LogP contribution in [0.3, 0.4) is 0 Å². The van der Waals surface area contributed by atoms with Crippen LogP contribution in [0.4, 0.5) is 0 Å². The largest absolute Gasteiger partial charge is 0.478 e. The van der Waals surface area contributed by atoms with Gasteiger partial charge >= 0.3 is 5.97 Å². The SMILES string of the molecule is CCCCc1ncc(CN(CSC(=O)C2CCCCC2)C(=O)CCC(C)C)n1Cc1ccc(C(=O)O)c(Br)c1. The van der Waals surface area contributed by atoms with Gasteiger partial charge in [-0.1, -0.05) is 64.3 Å². The number of nitrogens with zero attached hydrogens (tertiary/aromatic N) is 3. The first-order valence-corrected chi connectivity index (χ1v) is 16.0. The predicted molar refractivity (Wildman–Crippen MR) is 160 cm³/mol. The molecule has 0 atom stereocenters. The van der Waals surface area contributed by atoms with Crippen LogP contribution in [0.2, 0.25) is 0 Å². The fourth-order valence-electron chi connectivity index (χ4n) is 4.89. The normalized spacial score (nSPS) is 14.1. The molecule has 2 aromatic rings. The van der Waals surface area contributed by atoms with E-state index in [0.717, 1.165) is 68.4 Å². The van der Waals surface area contributed by atoms with Crippen LogP contribution >= 0.6 is 27.7 Å². The summed E-state index contributed by atoms with van der Waals surface area (Å²) in [7, 11) is 0. The van der Waals surface area contributed by atoms with Gasteiger partial charge in [-0.05, 0) is 65.2 Å². The minimum Gasteiger partial charge on any atom is -0.478 e. The van der Waals surface area contributed by atoms with E-state index in [1.54, 1.807) is 6.07 Å². The van der Waals surface area contributed by atoms with E-state index in [9.17, 15) is 19.5 Å². The number of aryl methyl sites for hydroxylation is 1. The van der Waals surface area contributed by atoms with E-state index in [1.165, 1.54) is 18.2 Å². The van der Waals surface area contributed by atoms with Crippen molar-refractivity contribution in [2.75, 3.05) is 5.88 Å². The maximum absolute atomic E-state index is 13.3. The second-order valence-corrected chi connectivity index (χ2v) is 12.7. The third kappa shape index (κ3) is 9.48. The highest BCUT2D eigenvalue weighted by molar-refractivity contribution is 9.10. The summed E-state index contributed by atoms with van der Waals surface area (Å²) in [5, 5.41) is 9.60. The van der Waals surface area contributed by atoms with Crippen molar-refractivity contribution in [2.45, 2.75) is 98.1 Å². The number of aromatic carboxylic acids is 1. The Balaban J connectivity index is 1.83. The number of amides is 1. The molecule has 1 heterocycles. The quantitative estimate of drug-likeness (QED) is 0.223. The second-order valence-electron chi connectivity index (χ2n) is 10.9. The molecule has 1 aliphatic carbocycles. The summed E-state index contributed by atoms with van der Waals surface area (Å²) in [6.45, 7) is 7.28. The second kappa shape index (κ2) is 15.6. The Kier molecular flexibility index (Phi) is 12.6. The number of carboxylic acid groups (broad SMARTS) is 1. The molecule has 0 aliphatic heterocycles. The van der Waals surface area contributed by atoms with Crippen LogP contribution in [0, 0.1) is 11.8 Å². The van der Waals surface area contributed by atoms with Gasteiger partial charge in [0.05, 0.1) is 29.9 Å². The molecule has 1 aromatic heterocycles. The number of rotatable bonds is 14. The van der Waals surface area contributed by atoms with Crippen LogP contribution < -0.4 is 0 Å². The van der Waals surface area contributed by atoms with Crippen molar-refractivity contribution in [2.24, 2.45) is 11.8 Å². The van der Waals surface area contributed by atoms with Crippen LogP contribution in [0.25, 0.3) is 0 Å². The number of hydrogen-bond donors (Lipinski definition) is 1. The molecule has 1 fully saturated rings. The number of carbonyl (C=O) groups is 3. The smallest absolute Gasteiger partial charge is 0.336 e. The van der Waals surface area contributed by atoms with Crippen molar-refractivity contribution in [3.8, 4) is 0 Å². The van der Waals surface area contributed by atoms with Gasteiger partial charge in [0.1, 0.15) is 5.82 Å². The number of benzene rings is 1. The predicted octanol–water partition coefficient (Wildman–Crippen LogP) is 7.30. The molecule has 1 aromatic carbocycles. The monoisotopic (exact) mass is 619 g/mol. The van der Waals surface area contributed by atoms with E-state index in [-0.39, 0.29) is 22.5 Å². The summed E-state index contributed by atoms with van der Waals surface area (Å²) in [6, 6.07) is 5.27. The fraction of sp³-hybridized carbons (Fsp3) is 0.600. The van der Waals surface area contributed by atoms with Crippen LogP contribution in [0.1, 0.15) is 106 Å². The highest BCUT2D eigenvalue weighted by Crippen LogP contribution is 2.29. The van der Waals surface area contributed by atoms with Crippen molar-refractivity contribution in [1.29, 1.82) is 0 Å². The van der Waals surface area contributed by atoms with E-state index in [2.05, 4.69) is 41.3 Å². The topological polar surface area (TPSA) is 92.5 Å². The molecule has 0 spiro atoms. The first-order chi connectivity index (χ1) is 18.7. The highest BCUT2D eigenvalue weighted by atomic mass is 79.9. The minimum atomic E-state index is -0.976. The van der Waals surface area contributed by atoms with Gasteiger partial charge in [0.25, 0.3) is 0 Å². The highest BCUT2D eigenvalue weighted by Gasteiger charge is 2.24. The summed E-state index contributed by atoms with van der Waals surface area (Å²) in [5.74, 6) is 0.909. The third-order valence-corrected chi connectivity index (χ3v) is 9.04. The standard InChI is InChI=1S/C30H42BrN3O4S/c1-4-5-11-27-32-17-24(34(27)18-22-13-14-25(29(36)37)26(31)16-22)19-33(28(35)15-12-21(2)3)20-39-30(38)23-9-7-6-8-10-23/h13-14,16-17,21,23H,4-12,15,18-20H2,1-3H3,(H,36,37). The zero-order valence-electron chi connectivity index (χ0n) is 23.5. The number of thioether (sulfide) groups is 1. The van der Waals surface area contributed by atoms with Gasteiger partial charge in [0.15, 0.2) is 5.12 Å². The molecule has 9 heteroatoms. The van der Waals surface area contributed by atoms with Gasteiger partial charge in [-0.3, -0.25) is 9.59 Å². The Morgan fingerprint density at radius 1 is 1.21 bits per heavy atom. The summed E-state index contributed by atoms with van der Waals surface area (Å²) in [6.07, 6.45) is 11.3. The van der Waals surface area contributed by atoms with Crippen molar-refractivity contribution in [3.63, 3.8) is 0 Å². The van der Waals surface area contributed by atoms with Gasteiger partial charge in [0.2, 0.25) is 5.91 Å². The average molecular weight is 621 g/mol. The van der Waals surface area contributed by atoms with Gasteiger partial charge < -0.3 is 14.6 Å². The Hall–Kier alpha value is -2.13. The number of carbonyl (C=O) groups excluding carboxylic acids is 2. The Morgan fingerprint density at radius 3 is 2.59 bits per heavy atom. The molecular weight excluding hydrogens is 578 g/mol. The lowest BCUT2D eigenvalue weighted by atomic mass is 9.90. The average Bonchev–Trinajstić information content (AvgIpc) is 3.28. The van der Waals surface area contributed by atoms with Gasteiger partial charge in [-0.2, -0.15) is 0 Å². The first-order valence-electron chi connectivity index (χ1n) is 14.2. The minimum absolute atomic E-state index is 0.0593. The van der Waals surface area contributed by atoms with Crippen LogP contribution in [0.15, 0.2) is 28.9 Å². The van der Waals surface area contributed by atoms with E-state index >= 15 is 0 Å². The van der Waals surface area contributed by atoms with Gasteiger partial charge in [-0.25, -0.2) is 9.78 Å². The van der Waals surface area contributed by atoms with E-state index in [1.807, 2.05) is 23.2 Å². The molecule has 7 nitrogen and oxygen atoms in total. The van der Waals surface area contributed by atoms with Crippen LogP contribution in [-0.2, 0) is 29.1 Å². The molecule has 1 aliphatic rings. The maximum atomic E-state index is 13.3. The summed E-state index contributed by atoms with van der Waals surface area (Å²) >= 11 is 4.68. The van der Waals surface area contributed by atoms with E-state index in [4.69, 9.17) is 4.98 Å². The maximum Gasteiger partial charge on any atom is 0.336 e. The molecule has 0 unspecified atom stereocenters. The van der Waals surface area contributed by atoms with Crippen LogP contribution in [-0.4, -0.2) is 42.4 Å². The molecule has 1 N–H and O–H groups in total. The van der Waals surface area contributed by atoms with Crippen LogP contribution in [0.5, 0.6) is 0 Å². The summed E-state index contributed by atoms with van der Waals surface area (Å²) in [5.41, 5.74) is 2.09. The Bertz CT molecular complexity index is 1130. The zero-order valence-corrected chi connectivity index (χ0v) is 25.9. The molecule has 3 rings (SSSR count). The number of unbranched alkanes of at least 4 members (excludes halogenated alkanes) is 1. The molecule has 214 valence electrons. The fourth-order valence-corrected chi connectivity index (χ4v) is 6.48. The Morgan fingerprint density at radius 2 is 1.95 bits per heavy atom. The lowest BCUT2D eigenvalue weighted by molar-refractivity contribution is -0.131. The van der Waals surface area contributed by atoms with Gasteiger partial charge in [0, 0.05) is 29.8 Å². The molecular formula is C30H42BrN3O4S. The number of imidazole rings is 1. The number of hydrogen-bond acceptors (Lipinski definition) is 5.